The van der Waals surface area contributed by atoms with Gasteiger partial charge in [-0.05, 0) is 48.9 Å². The van der Waals surface area contributed by atoms with Crippen molar-refractivity contribution in [2.75, 3.05) is 63.9 Å². The van der Waals surface area contributed by atoms with Gasteiger partial charge in [-0.15, -0.1) is 0 Å². The maximum atomic E-state index is 15.5. The number of amides is 1. The molecule has 2 aliphatic rings. The van der Waals surface area contributed by atoms with E-state index in [1.54, 1.807) is 18.2 Å². The molecule has 54 heavy (non-hydrogen) atoms. The Morgan fingerprint density at radius 1 is 0.981 bits per heavy atom. The summed E-state index contributed by atoms with van der Waals surface area (Å²) in [4.78, 5) is 44.7. The normalized spacial score (nSPS) is 15.0. The Balaban J connectivity index is 1.19. The predicted molar refractivity (Wildman–Crippen MR) is 188 cm³/mol. The van der Waals surface area contributed by atoms with Crippen LogP contribution in [0.4, 0.5) is 28.9 Å². The van der Waals surface area contributed by atoms with E-state index >= 15 is 4.39 Å². The molecule has 1 amide bonds. The second-order valence-electron chi connectivity index (χ2n) is 11.9. The fraction of sp³-hybridized carbons (Fsp3) is 0.270. The Labute approximate surface area is 305 Å². The standard InChI is InChI=1S/C37H32F4N6O7/c1-45-29(21-48)35(44-47(34(45)22-49)25-6-3-5-23(17-25)37(39,40)41)36(50)43-24-7-8-31(27(38)18-24)54-30-9-10-42-28-20-33(32(51-2)19-26(28)30)53-14-4-11-46-12-15-52-16-13-46/h3,5-10,17-20H,4,11-16H2,1-2H3,(H,43,50). The minimum atomic E-state index is -4.72. The zero-order valence-electron chi connectivity index (χ0n) is 28.9. The fourth-order valence-corrected chi connectivity index (χ4v) is 5.73. The number of carbonyl (C=O) groups is 1. The van der Waals surface area contributed by atoms with Crippen LogP contribution in [-0.2, 0) is 25.3 Å². The van der Waals surface area contributed by atoms with E-state index < -0.39 is 40.7 Å². The van der Waals surface area contributed by atoms with Crippen molar-refractivity contribution in [1.29, 1.82) is 0 Å². The monoisotopic (exact) mass is 748 g/mol. The predicted octanol–water partition coefficient (Wildman–Crippen LogP) is 5.43. The van der Waals surface area contributed by atoms with Crippen molar-refractivity contribution in [2.45, 2.75) is 12.6 Å². The Bertz CT molecular complexity index is 2200. The lowest BCUT2D eigenvalue weighted by atomic mass is 10.1. The summed E-state index contributed by atoms with van der Waals surface area (Å²) in [7, 11) is 2.70. The molecule has 0 saturated carbocycles. The first kappa shape index (κ1) is 37.5. The van der Waals surface area contributed by atoms with Gasteiger partial charge in [-0.25, -0.2) is 19.0 Å². The summed E-state index contributed by atoms with van der Waals surface area (Å²) >= 11 is 0. The van der Waals surface area contributed by atoms with Gasteiger partial charge in [-0.1, -0.05) is 6.07 Å². The molecule has 1 saturated heterocycles. The second-order valence-corrected chi connectivity index (χ2v) is 11.9. The number of alkyl halides is 3. The number of hydrogen-bond acceptors (Lipinski definition) is 12. The number of anilines is 2. The number of carbonyl (C=O) groups excluding carboxylic acids is 3. The van der Waals surface area contributed by atoms with Crippen LogP contribution in [0.3, 0.4) is 0 Å². The molecule has 1 fully saturated rings. The number of methoxy groups -OCH3 is 1. The molecule has 0 radical (unpaired) electrons. The smallest absolute Gasteiger partial charge is 0.416 e. The fourth-order valence-electron chi connectivity index (χ4n) is 5.73. The van der Waals surface area contributed by atoms with Gasteiger partial charge in [0.05, 0.1) is 43.7 Å². The SMILES string of the molecule is COc1cc2c(Oc3ccc(NC(=O)C4=NN(c5cccc(C(F)(F)F)c5)C(=C=O)N(C)C4=C=O)cc3F)ccnc2cc1OCCCN1CCOCC1. The quantitative estimate of drug-likeness (QED) is 0.120. The van der Waals surface area contributed by atoms with Gasteiger partial charge in [-0.2, -0.15) is 18.3 Å². The van der Waals surface area contributed by atoms with E-state index in [0.717, 1.165) is 67.4 Å². The van der Waals surface area contributed by atoms with Gasteiger partial charge in [0.1, 0.15) is 5.75 Å². The number of nitrogens with one attached hydrogen (secondary N) is 1. The highest BCUT2D eigenvalue weighted by Crippen LogP contribution is 2.38. The molecule has 0 bridgehead atoms. The van der Waals surface area contributed by atoms with Crippen LogP contribution in [0, 0.1) is 5.82 Å². The Morgan fingerprint density at radius 2 is 1.78 bits per heavy atom. The number of fused-ring (bicyclic) bond motifs is 1. The minimum Gasteiger partial charge on any atom is -0.493 e. The summed E-state index contributed by atoms with van der Waals surface area (Å²) < 4.78 is 78.6. The average molecular weight is 749 g/mol. The Kier molecular flexibility index (Phi) is 11.2. The van der Waals surface area contributed by atoms with Gasteiger partial charge in [0.15, 0.2) is 46.4 Å². The number of rotatable bonds is 11. The molecule has 1 N–H and O–H groups in total. The van der Waals surface area contributed by atoms with Crippen molar-refractivity contribution in [3.8, 4) is 23.0 Å². The highest BCUT2D eigenvalue weighted by atomic mass is 19.4. The zero-order valence-corrected chi connectivity index (χ0v) is 28.9. The van der Waals surface area contributed by atoms with Crippen LogP contribution in [0.5, 0.6) is 23.0 Å². The third-order valence-electron chi connectivity index (χ3n) is 8.48. The lowest BCUT2D eigenvalue weighted by Gasteiger charge is -2.32. The molecule has 0 spiro atoms. The van der Waals surface area contributed by atoms with Crippen LogP contribution < -0.4 is 24.5 Å². The van der Waals surface area contributed by atoms with Gasteiger partial charge in [0, 0.05) is 56.1 Å². The molecule has 0 unspecified atom stereocenters. The number of hydrazone groups is 1. The number of aromatic nitrogens is 1. The van der Waals surface area contributed by atoms with Gasteiger partial charge in [-0.3, -0.25) is 14.7 Å². The molecule has 13 nitrogen and oxygen atoms in total. The van der Waals surface area contributed by atoms with Crippen molar-refractivity contribution in [3.05, 3.63) is 89.8 Å². The molecule has 6 rings (SSSR count). The highest BCUT2D eigenvalue weighted by molar-refractivity contribution is 6.50. The molecule has 0 aliphatic carbocycles. The molecule has 4 aromatic rings. The van der Waals surface area contributed by atoms with Crippen LogP contribution >= 0.6 is 0 Å². The van der Waals surface area contributed by atoms with E-state index in [1.165, 1.54) is 50.4 Å². The maximum Gasteiger partial charge on any atom is 0.416 e. The van der Waals surface area contributed by atoms with E-state index in [1.807, 2.05) is 0 Å². The summed E-state index contributed by atoms with van der Waals surface area (Å²) in [5.41, 5.74) is -2.02. The van der Waals surface area contributed by atoms with Crippen LogP contribution in [0.1, 0.15) is 12.0 Å². The number of hydrogen-bond donors (Lipinski definition) is 1. The lowest BCUT2D eigenvalue weighted by Crippen LogP contribution is -2.43. The summed E-state index contributed by atoms with van der Waals surface area (Å²) in [5.74, 6) is 1.57. The summed E-state index contributed by atoms with van der Waals surface area (Å²) in [5, 5.41) is 7.63. The van der Waals surface area contributed by atoms with Crippen molar-refractivity contribution < 1.29 is 50.9 Å². The largest absolute Gasteiger partial charge is 0.493 e. The molecular weight excluding hydrogens is 716 g/mol. The van der Waals surface area contributed by atoms with Crippen molar-refractivity contribution >= 4 is 45.8 Å². The summed E-state index contributed by atoms with van der Waals surface area (Å²) in [6, 6.07) is 12.3. The minimum absolute atomic E-state index is 0.0838. The molecule has 280 valence electrons. The van der Waals surface area contributed by atoms with Gasteiger partial charge < -0.3 is 29.2 Å². The van der Waals surface area contributed by atoms with Gasteiger partial charge >= 0.3 is 6.18 Å². The zero-order chi connectivity index (χ0) is 38.4. The first-order valence-electron chi connectivity index (χ1n) is 16.5. The Morgan fingerprint density at radius 3 is 2.48 bits per heavy atom. The molecular formula is C37H32F4N6O7. The molecule has 2 aliphatic heterocycles. The molecule has 3 aromatic carbocycles. The van der Waals surface area contributed by atoms with Gasteiger partial charge in [0.25, 0.3) is 5.91 Å². The summed E-state index contributed by atoms with van der Waals surface area (Å²) in [6.07, 6.45) is -2.43. The number of ether oxygens (including phenoxy) is 4. The van der Waals surface area contributed by atoms with E-state index in [9.17, 15) is 27.6 Å². The number of nitrogens with zero attached hydrogens (tertiary/aromatic N) is 5. The second kappa shape index (κ2) is 16.2. The summed E-state index contributed by atoms with van der Waals surface area (Å²) in [6.45, 7) is 4.52. The van der Waals surface area contributed by atoms with Crippen molar-refractivity contribution in [3.63, 3.8) is 0 Å². The average Bonchev–Trinajstić information content (AvgIpc) is 3.17. The van der Waals surface area contributed by atoms with Crippen molar-refractivity contribution in [1.82, 2.24) is 14.8 Å². The topological polar surface area (TPSA) is 135 Å². The number of pyridine rings is 1. The number of benzene rings is 3. The highest BCUT2D eigenvalue weighted by Gasteiger charge is 2.36. The number of halogens is 4. The molecule has 1 aromatic heterocycles. The maximum absolute atomic E-state index is 15.5. The molecule has 3 heterocycles. The third-order valence-corrected chi connectivity index (χ3v) is 8.48. The third kappa shape index (κ3) is 8.19. The first-order chi connectivity index (χ1) is 26.0. The van der Waals surface area contributed by atoms with Crippen molar-refractivity contribution in [2.24, 2.45) is 5.10 Å². The lowest BCUT2D eigenvalue weighted by molar-refractivity contribution is -0.137. The van der Waals surface area contributed by atoms with Crippen LogP contribution in [-0.4, -0.2) is 91.9 Å². The van der Waals surface area contributed by atoms with Crippen LogP contribution in [0.15, 0.2) is 83.5 Å². The first-order valence-corrected chi connectivity index (χ1v) is 16.5. The van der Waals surface area contributed by atoms with E-state index in [0.29, 0.717) is 35.1 Å². The molecule has 17 heteroatoms. The Hall–Kier alpha value is -6.25. The molecule has 0 atom stereocenters. The van der Waals surface area contributed by atoms with E-state index in [2.05, 4.69) is 20.3 Å². The van der Waals surface area contributed by atoms with Crippen LogP contribution in [0.2, 0.25) is 0 Å². The van der Waals surface area contributed by atoms with Gasteiger partial charge in [0.2, 0.25) is 5.82 Å². The number of morpholine rings is 1. The van der Waals surface area contributed by atoms with E-state index in [-0.39, 0.29) is 22.9 Å². The van der Waals surface area contributed by atoms with E-state index in [4.69, 9.17) is 18.9 Å². The van der Waals surface area contributed by atoms with Crippen LogP contribution in [0.25, 0.3) is 10.9 Å².